The number of hydrogen-bond acceptors (Lipinski definition) is 6. The molecule has 0 unspecified atom stereocenters. The molecule has 0 saturated carbocycles. The Morgan fingerprint density at radius 2 is 2.06 bits per heavy atom. The monoisotopic (exact) mass is 459 g/mol. The summed E-state index contributed by atoms with van der Waals surface area (Å²) in [5.41, 5.74) is 9.06. The van der Waals surface area contributed by atoms with Crippen LogP contribution in [0.4, 0.5) is 8.78 Å². The lowest BCUT2D eigenvalue weighted by molar-refractivity contribution is 0.0664. The highest BCUT2D eigenvalue weighted by Crippen LogP contribution is 2.50. The molecule has 5 nitrogen and oxygen atoms in total. The lowest BCUT2D eigenvalue weighted by atomic mass is 9.66. The molecule has 2 N–H and O–H groups in total. The minimum Gasteiger partial charge on any atom is -0.481 e. The summed E-state index contributed by atoms with van der Waals surface area (Å²) in [5.74, 6) is 0.685. The number of aliphatic imine (C=N–C) groups is 1. The first-order valence-corrected chi connectivity index (χ1v) is 12.0. The predicted octanol–water partition coefficient (Wildman–Crippen LogP) is 4.01. The summed E-state index contributed by atoms with van der Waals surface area (Å²) in [6.07, 6.45) is 6.14. The lowest BCUT2D eigenvalue weighted by Gasteiger charge is -2.45. The summed E-state index contributed by atoms with van der Waals surface area (Å²) in [6, 6.07) is 3.74. The van der Waals surface area contributed by atoms with E-state index in [-0.39, 0.29) is 5.92 Å². The van der Waals surface area contributed by atoms with Gasteiger partial charge in [0.15, 0.2) is 5.17 Å². The van der Waals surface area contributed by atoms with E-state index in [0.717, 1.165) is 56.3 Å². The zero-order chi connectivity index (χ0) is 22.3. The van der Waals surface area contributed by atoms with Crippen LogP contribution < -0.4 is 10.5 Å². The van der Waals surface area contributed by atoms with Crippen LogP contribution in [-0.4, -0.2) is 36.2 Å². The zero-order valence-corrected chi connectivity index (χ0v) is 18.9. The van der Waals surface area contributed by atoms with E-state index in [0.29, 0.717) is 28.9 Å². The number of ether oxygens (including phenoxy) is 2. The first-order chi connectivity index (χ1) is 15.5. The van der Waals surface area contributed by atoms with Gasteiger partial charge in [0, 0.05) is 54.7 Å². The molecule has 5 rings (SSSR count). The van der Waals surface area contributed by atoms with Crippen molar-refractivity contribution in [3.8, 4) is 5.88 Å². The number of thioether (sulfide) groups is 1. The zero-order valence-electron chi connectivity index (χ0n) is 18.1. The minimum atomic E-state index is -0.896. The largest absolute Gasteiger partial charge is 0.481 e. The van der Waals surface area contributed by atoms with E-state index in [2.05, 4.69) is 4.98 Å². The first kappa shape index (κ1) is 21.6. The van der Waals surface area contributed by atoms with Gasteiger partial charge in [0.2, 0.25) is 5.88 Å². The molecule has 3 aliphatic rings. The van der Waals surface area contributed by atoms with Crippen LogP contribution >= 0.6 is 11.8 Å². The molecule has 0 bridgehead atoms. The Labute approximate surface area is 190 Å². The molecule has 32 heavy (non-hydrogen) atoms. The van der Waals surface area contributed by atoms with Gasteiger partial charge in [0.25, 0.3) is 0 Å². The Bertz CT molecular complexity index is 1060. The molecule has 2 aliphatic heterocycles. The van der Waals surface area contributed by atoms with E-state index in [4.69, 9.17) is 20.2 Å². The Hall–Kier alpha value is -2.19. The van der Waals surface area contributed by atoms with E-state index in [1.807, 2.05) is 6.20 Å². The molecule has 0 amide bonds. The van der Waals surface area contributed by atoms with Gasteiger partial charge in [-0.15, -0.1) is 0 Å². The van der Waals surface area contributed by atoms with E-state index in [9.17, 15) is 4.39 Å². The third kappa shape index (κ3) is 3.77. The maximum Gasteiger partial charge on any atom is 0.216 e. The van der Waals surface area contributed by atoms with Gasteiger partial charge in [-0.2, -0.15) is 0 Å². The molecular weight excluding hydrogens is 432 g/mol. The topological polar surface area (TPSA) is 69.7 Å². The van der Waals surface area contributed by atoms with Gasteiger partial charge in [-0.3, -0.25) is 4.99 Å². The summed E-state index contributed by atoms with van der Waals surface area (Å²) in [5, 5.41) is 0.429. The predicted molar refractivity (Wildman–Crippen MR) is 121 cm³/mol. The lowest BCUT2D eigenvalue weighted by Crippen LogP contribution is -2.47. The van der Waals surface area contributed by atoms with Gasteiger partial charge in [-0.1, -0.05) is 17.8 Å². The second-order valence-electron chi connectivity index (χ2n) is 8.90. The number of halogens is 2. The van der Waals surface area contributed by atoms with Crippen molar-refractivity contribution in [1.29, 1.82) is 0 Å². The van der Waals surface area contributed by atoms with Gasteiger partial charge in [0.05, 0.1) is 12.6 Å². The van der Waals surface area contributed by atoms with Crippen LogP contribution in [0.5, 0.6) is 5.88 Å². The summed E-state index contributed by atoms with van der Waals surface area (Å²) < 4.78 is 39.9. The number of benzene rings is 1. The normalized spacial score (nSPS) is 25.6. The number of hydrogen-bond donors (Lipinski definition) is 1. The number of rotatable bonds is 4. The van der Waals surface area contributed by atoms with Crippen molar-refractivity contribution in [2.45, 2.75) is 37.6 Å². The third-order valence-electron chi connectivity index (χ3n) is 7.10. The molecule has 170 valence electrons. The van der Waals surface area contributed by atoms with Crippen molar-refractivity contribution >= 4 is 16.9 Å². The van der Waals surface area contributed by atoms with E-state index in [1.165, 1.54) is 35.0 Å². The van der Waals surface area contributed by atoms with Gasteiger partial charge >= 0.3 is 0 Å². The number of nitrogens with two attached hydrogens (primary N) is 1. The maximum atomic E-state index is 15.1. The fourth-order valence-corrected chi connectivity index (χ4v) is 6.45. The van der Waals surface area contributed by atoms with Crippen molar-refractivity contribution in [2.24, 2.45) is 22.6 Å². The van der Waals surface area contributed by atoms with Crippen molar-refractivity contribution in [1.82, 2.24) is 4.98 Å². The third-order valence-corrected chi connectivity index (χ3v) is 8.06. The molecule has 1 fully saturated rings. The number of fused-ring (bicyclic) bond motifs is 2. The van der Waals surface area contributed by atoms with Gasteiger partial charge in [0.1, 0.15) is 11.6 Å². The molecule has 1 aliphatic carbocycles. The van der Waals surface area contributed by atoms with Crippen molar-refractivity contribution < 1.29 is 18.3 Å². The van der Waals surface area contributed by atoms with Crippen LogP contribution in [0.3, 0.4) is 0 Å². The van der Waals surface area contributed by atoms with Crippen LogP contribution in [0, 0.1) is 23.5 Å². The van der Waals surface area contributed by atoms with Crippen LogP contribution in [-0.2, 0) is 29.5 Å². The van der Waals surface area contributed by atoms with E-state index >= 15 is 4.39 Å². The summed E-state index contributed by atoms with van der Waals surface area (Å²) in [6.45, 7) is 1.60. The van der Waals surface area contributed by atoms with Crippen LogP contribution in [0.25, 0.3) is 0 Å². The SMILES string of the molecule is COc1ncc(CC2CCOCC2)c2c1C[C@]1(c3ccc(F)cc3F)N=C(N)SC[C@@H]1C2. The summed E-state index contributed by atoms with van der Waals surface area (Å²) in [7, 11) is 1.60. The Morgan fingerprint density at radius 3 is 2.81 bits per heavy atom. The van der Waals surface area contributed by atoms with Crippen LogP contribution in [0.2, 0.25) is 0 Å². The van der Waals surface area contributed by atoms with Crippen molar-refractivity contribution in [2.75, 3.05) is 26.1 Å². The van der Waals surface area contributed by atoms with Gasteiger partial charge in [-0.25, -0.2) is 13.8 Å². The molecule has 3 heterocycles. The highest BCUT2D eigenvalue weighted by atomic mass is 32.2. The molecule has 1 aromatic carbocycles. The number of amidine groups is 1. The van der Waals surface area contributed by atoms with Crippen LogP contribution in [0.1, 0.15) is 35.1 Å². The molecule has 0 radical (unpaired) electrons. The highest BCUT2D eigenvalue weighted by Gasteiger charge is 2.49. The molecule has 8 heteroatoms. The Balaban J connectivity index is 1.61. The van der Waals surface area contributed by atoms with Crippen LogP contribution in [0.15, 0.2) is 29.4 Å². The van der Waals surface area contributed by atoms with E-state index < -0.39 is 17.2 Å². The average molecular weight is 460 g/mol. The number of aromatic nitrogens is 1. The Kier molecular flexibility index (Phi) is 5.84. The fraction of sp³-hybridized carbons (Fsp3) is 0.500. The summed E-state index contributed by atoms with van der Waals surface area (Å²) >= 11 is 1.50. The fourth-order valence-electron chi connectivity index (χ4n) is 5.45. The number of nitrogens with zero attached hydrogens (tertiary/aromatic N) is 2. The maximum absolute atomic E-state index is 15.1. The Morgan fingerprint density at radius 1 is 1.25 bits per heavy atom. The highest BCUT2D eigenvalue weighted by molar-refractivity contribution is 8.13. The molecule has 2 aromatic rings. The second kappa shape index (κ2) is 8.63. The molecule has 1 aromatic heterocycles. The number of methoxy groups -OCH3 is 1. The van der Waals surface area contributed by atoms with E-state index in [1.54, 1.807) is 7.11 Å². The minimum absolute atomic E-state index is 0.0350. The molecule has 1 saturated heterocycles. The van der Waals surface area contributed by atoms with Gasteiger partial charge in [-0.05, 0) is 48.8 Å². The number of pyridine rings is 1. The second-order valence-corrected chi connectivity index (χ2v) is 9.94. The molecule has 2 atom stereocenters. The smallest absolute Gasteiger partial charge is 0.216 e. The van der Waals surface area contributed by atoms with Crippen molar-refractivity contribution in [3.05, 3.63) is 58.3 Å². The molecule has 0 spiro atoms. The average Bonchev–Trinajstić information content (AvgIpc) is 2.78. The standard InChI is InChI=1S/C24H27F2N3O2S/c1-30-22-19-11-24(20-3-2-17(25)10-21(20)26)16(13-32-23(27)29-24)9-18(19)15(12-28-22)8-14-4-6-31-7-5-14/h2-3,10,12,14,16H,4-9,11,13H2,1H3,(H2,27,29)/t16-,24-/m0/s1. The van der Waals surface area contributed by atoms with Crippen molar-refractivity contribution in [3.63, 3.8) is 0 Å². The van der Waals surface area contributed by atoms with Gasteiger partial charge < -0.3 is 15.2 Å². The summed E-state index contributed by atoms with van der Waals surface area (Å²) in [4.78, 5) is 9.41. The first-order valence-electron chi connectivity index (χ1n) is 11.0. The molecular formula is C24H27F2N3O2S. The quantitative estimate of drug-likeness (QED) is 0.748.